The van der Waals surface area contributed by atoms with Gasteiger partial charge in [-0.1, -0.05) is 39.2 Å². The number of furan rings is 1. The quantitative estimate of drug-likeness (QED) is 0.0872. The number of hydrogen-bond acceptors (Lipinski definition) is 8. The van der Waals surface area contributed by atoms with Gasteiger partial charge in [0.25, 0.3) is 0 Å². The average molecular weight is 665 g/mol. The van der Waals surface area contributed by atoms with Crippen molar-refractivity contribution in [2.45, 2.75) is 116 Å². The van der Waals surface area contributed by atoms with Gasteiger partial charge in [0.2, 0.25) is 0 Å². The monoisotopic (exact) mass is 664 g/mol. The first kappa shape index (κ1) is 36.5. The molecule has 6 atom stereocenters. The highest BCUT2D eigenvalue weighted by atomic mass is 16.5. The smallest absolute Gasteiger partial charge is 0.161 e. The van der Waals surface area contributed by atoms with Gasteiger partial charge in [-0.2, -0.15) is 0 Å². The van der Waals surface area contributed by atoms with Crippen molar-refractivity contribution in [3.05, 3.63) is 69.9 Å². The van der Waals surface area contributed by atoms with Crippen LogP contribution in [0.3, 0.4) is 0 Å². The molecule has 7 N–H and O–H groups in total. The van der Waals surface area contributed by atoms with E-state index in [9.17, 15) is 15.3 Å². The second kappa shape index (κ2) is 17.7. The SMILES string of the molecule is CCCCc1oc(CCc2ccc(O)c(OC[C@H](NCC)c3cc4c([nH]3)CC[C@H]3CCC[C@@H]3[C@H]4[C@H](CNC)NC[C@H](C)O)c2)cc1CO. The van der Waals surface area contributed by atoms with Gasteiger partial charge in [0.15, 0.2) is 11.5 Å². The zero-order valence-electron chi connectivity index (χ0n) is 29.6. The zero-order valence-corrected chi connectivity index (χ0v) is 29.6. The van der Waals surface area contributed by atoms with Crippen LogP contribution in [0.4, 0.5) is 0 Å². The van der Waals surface area contributed by atoms with Crippen molar-refractivity contribution in [1.29, 1.82) is 0 Å². The van der Waals surface area contributed by atoms with Crippen molar-refractivity contribution in [3.8, 4) is 11.5 Å². The Morgan fingerprint density at radius 1 is 1.04 bits per heavy atom. The Morgan fingerprint density at radius 3 is 2.65 bits per heavy atom. The molecule has 9 heteroatoms. The number of rotatable bonds is 19. The normalized spacial score (nSPS) is 21.0. The number of H-pyrrole nitrogens is 1. The van der Waals surface area contributed by atoms with Crippen molar-refractivity contribution >= 4 is 0 Å². The molecule has 5 rings (SSSR count). The van der Waals surface area contributed by atoms with E-state index >= 15 is 0 Å². The summed E-state index contributed by atoms with van der Waals surface area (Å²) in [7, 11) is 2.01. The third-order valence-corrected chi connectivity index (χ3v) is 10.6. The Hall–Kier alpha value is -2.82. The second-order valence-corrected chi connectivity index (χ2v) is 14.1. The van der Waals surface area contributed by atoms with Crippen LogP contribution >= 0.6 is 0 Å². The maximum Gasteiger partial charge on any atom is 0.161 e. The Labute approximate surface area is 287 Å². The summed E-state index contributed by atoms with van der Waals surface area (Å²) in [4.78, 5) is 3.83. The van der Waals surface area contributed by atoms with E-state index in [0.29, 0.717) is 37.2 Å². The zero-order chi connectivity index (χ0) is 34.0. The summed E-state index contributed by atoms with van der Waals surface area (Å²) in [6, 6.07) is 10.1. The maximum atomic E-state index is 10.7. The van der Waals surface area contributed by atoms with Crippen LogP contribution in [0, 0.1) is 11.8 Å². The molecule has 3 aromatic rings. The number of aryl methyl sites for hydroxylation is 4. The molecule has 266 valence electrons. The van der Waals surface area contributed by atoms with Crippen LogP contribution in [0.25, 0.3) is 0 Å². The number of unbranched alkanes of at least 4 members (excludes halogenated alkanes) is 1. The summed E-state index contributed by atoms with van der Waals surface area (Å²) < 4.78 is 12.4. The Bertz CT molecular complexity index is 1420. The Kier molecular flexibility index (Phi) is 13.5. The molecule has 1 aromatic carbocycles. The Morgan fingerprint density at radius 2 is 1.90 bits per heavy atom. The molecular weight excluding hydrogens is 604 g/mol. The van der Waals surface area contributed by atoms with E-state index in [1.54, 1.807) is 6.07 Å². The first-order valence-corrected chi connectivity index (χ1v) is 18.5. The van der Waals surface area contributed by atoms with E-state index < -0.39 is 6.10 Å². The van der Waals surface area contributed by atoms with Gasteiger partial charge in [0.1, 0.15) is 18.1 Å². The molecule has 0 unspecified atom stereocenters. The van der Waals surface area contributed by atoms with E-state index in [1.165, 1.54) is 36.9 Å². The number of aromatic nitrogens is 1. The number of phenolic OH excluding ortho intramolecular Hbond substituents is 1. The van der Waals surface area contributed by atoms with Crippen LogP contribution in [0.5, 0.6) is 11.5 Å². The minimum atomic E-state index is -0.395. The van der Waals surface area contributed by atoms with Gasteiger partial charge in [-0.15, -0.1) is 0 Å². The van der Waals surface area contributed by atoms with Gasteiger partial charge in [0, 0.05) is 54.8 Å². The molecule has 48 heavy (non-hydrogen) atoms. The van der Waals surface area contributed by atoms with Gasteiger partial charge in [0.05, 0.1) is 18.8 Å². The maximum absolute atomic E-state index is 10.7. The number of hydrogen-bond donors (Lipinski definition) is 7. The number of phenols is 1. The summed E-state index contributed by atoms with van der Waals surface area (Å²) in [5.74, 6) is 4.10. The third-order valence-electron chi connectivity index (χ3n) is 10.6. The van der Waals surface area contributed by atoms with Crippen molar-refractivity contribution in [1.82, 2.24) is 20.9 Å². The van der Waals surface area contributed by atoms with E-state index in [4.69, 9.17) is 9.15 Å². The molecule has 0 saturated heterocycles. The molecule has 9 nitrogen and oxygen atoms in total. The molecule has 0 spiro atoms. The molecule has 0 amide bonds. The summed E-state index contributed by atoms with van der Waals surface area (Å²) in [6.45, 7) is 8.69. The lowest BCUT2D eigenvalue weighted by Gasteiger charge is -2.35. The number of ether oxygens (including phenoxy) is 1. The molecule has 2 aliphatic carbocycles. The first-order valence-electron chi connectivity index (χ1n) is 18.5. The van der Waals surface area contributed by atoms with Crippen LogP contribution in [0.1, 0.15) is 111 Å². The lowest BCUT2D eigenvalue weighted by atomic mass is 9.76. The number of likely N-dealkylation sites (N-methyl/N-ethyl adjacent to an activating group) is 2. The van der Waals surface area contributed by atoms with Crippen molar-refractivity contribution in [2.75, 3.05) is 33.3 Å². The minimum Gasteiger partial charge on any atom is -0.504 e. The summed E-state index contributed by atoms with van der Waals surface area (Å²) in [5.41, 5.74) is 5.80. The number of aliphatic hydroxyl groups is 2. The van der Waals surface area contributed by atoms with Crippen LogP contribution in [-0.4, -0.2) is 65.7 Å². The number of benzene rings is 1. The van der Waals surface area contributed by atoms with Crippen molar-refractivity contribution in [2.24, 2.45) is 11.8 Å². The van der Waals surface area contributed by atoms with E-state index in [1.807, 2.05) is 32.2 Å². The number of fused-ring (bicyclic) bond motifs is 2. The van der Waals surface area contributed by atoms with Gasteiger partial charge in [-0.3, -0.25) is 0 Å². The predicted molar refractivity (Wildman–Crippen MR) is 191 cm³/mol. The van der Waals surface area contributed by atoms with Crippen LogP contribution in [-0.2, 0) is 32.3 Å². The molecule has 2 heterocycles. The summed E-state index contributed by atoms with van der Waals surface area (Å²) >= 11 is 0. The van der Waals surface area contributed by atoms with Gasteiger partial charge >= 0.3 is 0 Å². The number of aromatic amines is 1. The van der Waals surface area contributed by atoms with E-state index in [2.05, 4.69) is 40.8 Å². The highest BCUT2D eigenvalue weighted by Crippen LogP contribution is 2.49. The fraction of sp³-hybridized carbons (Fsp3) is 0.641. The largest absolute Gasteiger partial charge is 0.504 e. The van der Waals surface area contributed by atoms with Gasteiger partial charge < -0.3 is 45.4 Å². The van der Waals surface area contributed by atoms with E-state index in [-0.39, 0.29) is 24.4 Å². The number of aliphatic hydroxyl groups excluding tert-OH is 2. The summed E-state index contributed by atoms with van der Waals surface area (Å²) in [5, 5.41) is 41.4. The molecule has 0 bridgehead atoms. The standard InChI is InChI=1S/C39H60N4O5/c1-5-7-11-37-28(23-44)19-29(48-37)15-12-26-13-17-36(46)38(18-26)47-24-35(41-6-2)33-20-31-32(43-33)16-14-27-9-8-10-30(27)39(31)34(22-40-4)42-21-25(3)45/h13,17-20,25,27,30,34-35,39-46H,5-12,14-16,21-24H2,1-4H3/t25-,27+,30-,34-,35-,39+/m0/s1. The van der Waals surface area contributed by atoms with Crippen molar-refractivity contribution in [3.63, 3.8) is 0 Å². The van der Waals surface area contributed by atoms with Crippen molar-refractivity contribution < 1.29 is 24.5 Å². The van der Waals surface area contributed by atoms with Gasteiger partial charge in [-0.05, 0) is 99.8 Å². The fourth-order valence-electron chi connectivity index (χ4n) is 8.18. The highest BCUT2D eigenvalue weighted by Gasteiger charge is 2.42. The molecule has 1 saturated carbocycles. The van der Waals surface area contributed by atoms with Crippen LogP contribution < -0.4 is 20.7 Å². The first-order chi connectivity index (χ1) is 23.3. The topological polar surface area (TPSA) is 135 Å². The number of aromatic hydroxyl groups is 1. The summed E-state index contributed by atoms with van der Waals surface area (Å²) in [6.07, 6.45) is 10.1. The molecule has 2 aromatic heterocycles. The predicted octanol–water partition coefficient (Wildman–Crippen LogP) is 5.67. The molecular formula is C39H60N4O5. The fourth-order valence-corrected chi connectivity index (χ4v) is 8.18. The average Bonchev–Trinajstić information content (AvgIpc) is 3.81. The molecule has 2 aliphatic rings. The molecule has 0 radical (unpaired) electrons. The third kappa shape index (κ3) is 9.04. The van der Waals surface area contributed by atoms with Crippen LogP contribution in [0.15, 0.2) is 34.7 Å². The molecule has 1 fully saturated rings. The lowest BCUT2D eigenvalue weighted by molar-refractivity contribution is 0.175. The lowest BCUT2D eigenvalue weighted by Crippen LogP contribution is -2.47. The van der Waals surface area contributed by atoms with Crippen LogP contribution in [0.2, 0.25) is 0 Å². The second-order valence-electron chi connectivity index (χ2n) is 14.1. The number of nitrogens with one attached hydrogen (secondary N) is 4. The Balaban J connectivity index is 1.31. The van der Waals surface area contributed by atoms with Gasteiger partial charge in [-0.25, -0.2) is 0 Å². The minimum absolute atomic E-state index is 0.00529. The molecule has 0 aliphatic heterocycles. The highest BCUT2D eigenvalue weighted by molar-refractivity contribution is 5.42. The van der Waals surface area contributed by atoms with E-state index in [0.717, 1.165) is 79.5 Å².